The van der Waals surface area contributed by atoms with Crippen LogP contribution in [0.1, 0.15) is 36.7 Å². The number of carbonyl (C=O) groups is 2. The van der Waals surface area contributed by atoms with Crippen LogP contribution in [0.3, 0.4) is 0 Å². The second-order valence-corrected chi connectivity index (χ2v) is 5.82. The van der Waals surface area contributed by atoms with E-state index in [4.69, 9.17) is 5.73 Å². The highest BCUT2D eigenvalue weighted by atomic mass is 127. The fourth-order valence-corrected chi connectivity index (χ4v) is 1.84. The molecule has 1 rings (SSSR count). The molecule has 25 heavy (non-hydrogen) atoms. The summed E-state index contributed by atoms with van der Waals surface area (Å²) in [5, 5.41) is 8.93. The first-order chi connectivity index (χ1) is 11.4. The predicted molar refractivity (Wildman–Crippen MR) is 111 cm³/mol. The lowest BCUT2D eigenvalue weighted by Gasteiger charge is -2.13. The highest BCUT2D eigenvalue weighted by Crippen LogP contribution is 2.06. The van der Waals surface area contributed by atoms with E-state index >= 15 is 0 Å². The van der Waals surface area contributed by atoms with Gasteiger partial charge in [-0.1, -0.05) is 26.0 Å². The lowest BCUT2D eigenvalue weighted by atomic mass is 10.1. The molecule has 0 aliphatic rings. The van der Waals surface area contributed by atoms with Crippen LogP contribution in [-0.4, -0.2) is 37.4 Å². The topological polar surface area (TPSA) is 109 Å². The van der Waals surface area contributed by atoms with Crippen LogP contribution in [0.15, 0.2) is 29.3 Å². The van der Waals surface area contributed by atoms with Crippen molar-refractivity contribution in [1.29, 1.82) is 0 Å². The number of nitrogens with one attached hydrogen (secondary N) is 3. The van der Waals surface area contributed by atoms with Crippen LogP contribution in [0.5, 0.6) is 0 Å². The summed E-state index contributed by atoms with van der Waals surface area (Å²) in [4.78, 5) is 27.0. The second kappa shape index (κ2) is 12.5. The minimum absolute atomic E-state index is 0. The monoisotopic (exact) mass is 461 g/mol. The first-order valence-electron chi connectivity index (χ1n) is 8.10. The van der Waals surface area contributed by atoms with Crippen molar-refractivity contribution in [2.45, 2.75) is 27.3 Å². The lowest BCUT2D eigenvalue weighted by molar-refractivity contribution is -0.117. The van der Waals surface area contributed by atoms with Gasteiger partial charge in [-0.15, -0.1) is 24.0 Å². The maximum Gasteiger partial charge on any atom is 0.251 e. The number of amides is 2. The van der Waals surface area contributed by atoms with Gasteiger partial charge in [-0.2, -0.15) is 0 Å². The number of carbonyl (C=O) groups excluding carboxylic acids is 2. The number of aliphatic imine (C=N–C) groups is 1. The lowest BCUT2D eigenvalue weighted by Crippen LogP contribution is -2.39. The Hall–Kier alpha value is -1.84. The molecule has 0 aliphatic heterocycles. The Morgan fingerprint density at radius 2 is 1.76 bits per heavy atom. The molecule has 7 nitrogen and oxygen atoms in total. The Morgan fingerprint density at radius 3 is 2.28 bits per heavy atom. The molecular formula is C17H28IN5O2. The van der Waals surface area contributed by atoms with E-state index in [1.54, 1.807) is 12.1 Å². The number of hydrogen-bond acceptors (Lipinski definition) is 3. The predicted octanol–water partition coefficient (Wildman–Crippen LogP) is 1.23. The number of hydrogen-bond donors (Lipinski definition) is 4. The third kappa shape index (κ3) is 9.90. The van der Waals surface area contributed by atoms with E-state index in [1.807, 2.05) is 19.1 Å². The molecule has 0 aromatic heterocycles. The number of primary amides is 1. The van der Waals surface area contributed by atoms with E-state index in [2.05, 4.69) is 34.8 Å². The van der Waals surface area contributed by atoms with Crippen LogP contribution >= 0.6 is 24.0 Å². The molecule has 0 radical (unpaired) electrons. The summed E-state index contributed by atoms with van der Waals surface area (Å²) in [6, 6.07) is 7.09. The van der Waals surface area contributed by atoms with Crippen LogP contribution in [0.25, 0.3) is 0 Å². The molecule has 0 fully saturated rings. The zero-order valence-corrected chi connectivity index (χ0v) is 17.3. The Kier molecular flexibility index (Phi) is 11.6. The van der Waals surface area contributed by atoms with E-state index in [9.17, 15) is 9.59 Å². The molecular weight excluding hydrogens is 433 g/mol. The summed E-state index contributed by atoms with van der Waals surface area (Å²) in [6.07, 6.45) is 0. The van der Waals surface area contributed by atoms with Crippen molar-refractivity contribution < 1.29 is 9.59 Å². The van der Waals surface area contributed by atoms with Crippen molar-refractivity contribution in [3.05, 3.63) is 35.4 Å². The van der Waals surface area contributed by atoms with Crippen LogP contribution < -0.4 is 21.7 Å². The number of guanidine groups is 1. The SMILES string of the molecule is CCNC(=NCc1ccc(C(=O)NCC(N)=O)cc1)NCC(C)C.I. The number of nitrogens with two attached hydrogens (primary N) is 1. The molecule has 0 atom stereocenters. The van der Waals surface area contributed by atoms with E-state index in [0.29, 0.717) is 18.0 Å². The van der Waals surface area contributed by atoms with Crippen LogP contribution in [-0.2, 0) is 11.3 Å². The summed E-state index contributed by atoms with van der Waals surface area (Å²) in [6.45, 7) is 8.28. The van der Waals surface area contributed by atoms with Crippen molar-refractivity contribution in [2.75, 3.05) is 19.6 Å². The summed E-state index contributed by atoms with van der Waals surface area (Å²) >= 11 is 0. The molecule has 2 amide bonds. The average Bonchev–Trinajstić information content (AvgIpc) is 2.55. The zero-order chi connectivity index (χ0) is 17.9. The van der Waals surface area contributed by atoms with Crippen molar-refractivity contribution in [3.8, 4) is 0 Å². The van der Waals surface area contributed by atoms with Gasteiger partial charge in [0.2, 0.25) is 5.91 Å². The van der Waals surface area contributed by atoms with Gasteiger partial charge in [-0.3, -0.25) is 9.59 Å². The average molecular weight is 461 g/mol. The van der Waals surface area contributed by atoms with Crippen molar-refractivity contribution in [1.82, 2.24) is 16.0 Å². The fraction of sp³-hybridized carbons (Fsp3) is 0.471. The van der Waals surface area contributed by atoms with Crippen molar-refractivity contribution >= 4 is 41.8 Å². The van der Waals surface area contributed by atoms with Gasteiger partial charge >= 0.3 is 0 Å². The summed E-state index contributed by atoms with van der Waals surface area (Å²) in [5.74, 6) is 0.413. The van der Waals surface area contributed by atoms with Crippen molar-refractivity contribution in [3.63, 3.8) is 0 Å². The number of nitrogens with zero attached hydrogens (tertiary/aromatic N) is 1. The normalized spacial score (nSPS) is 10.8. The Labute approximate surface area is 166 Å². The molecule has 0 spiro atoms. The minimum atomic E-state index is -0.570. The van der Waals surface area contributed by atoms with Crippen molar-refractivity contribution in [2.24, 2.45) is 16.6 Å². The fourth-order valence-electron chi connectivity index (χ4n) is 1.84. The van der Waals surface area contributed by atoms with Gasteiger partial charge < -0.3 is 21.7 Å². The molecule has 0 saturated carbocycles. The van der Waals surface area contributed by atoms with Gasteiger partial charge in [0.05, 0.1) is 13.1 Å². The first-order valence-corrected chi connectivity index (χ1v) is 8.10. The van der Waals surface area contributed by atoms with Gasteiger partial charge in [0.25, 0.3) is 5.91 Å². The molecule has 0 aliphatic carbocycles. The van der Waals surface area contributed by atoms with E-state index in [-0.39, 0.29) is 36.4 Å². The Balaban J connectivity index is 0.00000576. The minimum Gasteiger partial charge on any atom is -0.368 e. The number of halogens is 1. The van der Waals surface area contributed by atoms with E-state index in [0.717, 1.165) is 24.6 Å². The quantitative estimate of drug-likeness (QED) is 0.265. The zero-order valence-electron chi connectivity index (χ0n) is 15.0. The Morgan fingerprint density at radius 1 is 1.12 bits per heavy atom. The van der Waals surface area contributed by atoms with Gasteiger partial charge in [-0.25, -0.2) is 4.99 Å². The first kappa shape index (κ1) is 23.2. The maximum atomic E-state index is 11.8. The third-order valence-electron chi connectivity index (χ3n) is 3.08. The largest absolute Gasteiger partial charge is 0.368 e. The molecule has 0 unspecified atom stereocenters. The standard InChI is InChI=1S/C17H27N5O2.HI/c1-4-19-17(21-9-12(2)3)22-10-13-5-7-14(8-6-13)16(24)20-11-15(18)23;/h5-8,12H,4,9-11H2,1-3H3,(H2,18,23)(H,20,24)(H2,19,21,22);1H. The maximum absolute atomic E-state index is 11.8. The highest BCUT2D eigenvalue weighted by Gasteiger charge is 2.06. The molecule has 5 N–H and O–H groups in total. The summed E-state index contributed by atoms with van der Waals surface area (Å²) in [7, 11) is 0. The van der Waals surface area contributed by atoms with Crippen LogP contribution in [0.2, 0.25) is 0 Å². The molecule has 140 valence electrons. The van der Waals surface area contributed by atoms with Gasteiger partial charge in [-0.05, 0) is 30.5 Å². The van der Waals surface area contributed by atoms with E-state index < -0.39 is 5.91 Å². The summed E-state index contributed by atoms with van der Waals surface area (Å²) < 4.78 is 0. The highest BCUT2D eigenvalue weighted by molar-refractivity contribution is 14.0. The molecule has 0 saturated heterocycles. The van der Waals surface area contributed by atoms with Crippen LogP contribution in [0.4, 0.5) is 0 Å². The molecule has 1 aromatic rings. The molecule has 8 heteroatoms. The van der Waals surface area contributed by atoms with Crippen LogP contribution in [0, 0.1) is 5.92 Å². The number of rotatable bonds is 8. The molecule has 0 heterocycles. The molecule has 1 aromatic carbocycles. The van der Waals surface area contributed by atoms with Gasteiger partial charge in [0.15, 0.2) is 5.96 Å². The second-order valence-electron chi connectivity index (χ2n) is 5.82. The molecule has 0 bridgehead atoms. The third-order valence-corrected chi connectivity index (χ3v) is 3.08. The van der Waals surface area contributed by atoms with Gasteiger partial charge in [0.1, 0.15) is 0 Å². The smallest absolute Gasteiger partial charge is 0.251 e. The summed E-state index contributed by atoms with van der Waals surface area (Å²) in [5.41, 5.74) is 6.47. The van der Waals surface area contributed by atoms with E-state index in [1.165, 1.54) is 0 Å². The van der Waals surface area contributed by atoms with Gasteiger partial charge in [0, 0.05) is 18.7 Å². The number of benzene rings is 1. The Bertz CT molecular complexity index is 573.